The van der Waals surface area contributed by atoms with Gasteiger partial charge in [0.25, 0.3) is 0 Å². The lowest BCUT2D eigenvalue weighted by Gasteiger charge is -2.38. The molecule has 1 amide bonds. The summed E-state index contributed by atoms with van der Waals surface area (Å²) < 4.78 is 0. The summed E-state index contributed by atoms with van der Waals surface area (Å²) in [5.74, 6) is 1.64. The number of nitrogens with zero attached hydrogens (tertiary/aromatic N) is 1. The molecule has 0 aromatic rings. The van der Waals surface area contributed by atoms with E-state index in [1.807, 2.05) is 6.92 Å². The maximum atomic E-state index is 12.4. The second-order valence-corrected chi connectivity index (χ2v) is 6.92. The van der Waals surface area contributed by atoms with Gasteiger partial charge in [0.2, 0.25) is 5.91 Å². The summed E-state index contributed by atoms with van der Waals surface area (Å²) in [6, 6.07) is 0.392. The van der Waals surface area contributed by atoms with Gasteiger partial charge in [-0.2, -0.15) is 0 Å². The molecule has 0 aromatic carbocycles. The minimum Gasteiger partial charge on any atom is -0.323 e. The van der Waals surface area contributed by atoms with E-state index in [2.05, 4.69) is 31.0 Å². The van der Waals surface area contributed by atoms with Crippen LogP contribution in [0.15, 0.2) is 0 Å². The van der Waals surface area contributed by atoms with E-state index in [1.54, 1.807) is 0 Å². The van der Waals surface area contributed by atoms with Crippen molar-refractivity contribution in [3.63, 3.8) is 0 Å². The van der Waals surface area contributed by atoms with E-state index in [-0.39, 0.29) is 12.2 Å². The van der Waals surface area contributed by atoms with E-state index in [0.29, 0.717) is 23.8 Å². The highest BCUT2D eigenvalue weighted by Gasteiger charge is 2.41. The molecule has 1 saturated carbocycles. The Balaban J connectivity index is 2.06. The standard InChI is InChI=1S/C16H30N2O/c1-11(2)10-15-17-12(3)16(19)18(15)13(4)14-8-6-5-7-9-14/h11-15,17H,5-10H2,1-4H3. The summed E-state index contributed by atoms with van der Waals surface area (Å²) in [7, 11) is 0. The normalized spacial score (nSPS) is 31.2. The van der Waals surface area contributed by atoms with Crippen LogP contribution in [-0.4, -0.2) is 29.1 Å². The second kappa shape index (κ2) is 6.25. The topological polar surface area (TPSA) is 32.3 Å². The summed E-state index contributed by atoms with van der Waals surface area (Å²) in [6.45, 7) is 8.74. The van der Waals surface area contributed by atoms with E-state index in [1.165, 1.54) is 32.1 Å². The molecule has 3 unspecified atom stereocenters. The molecular weight excluding hydrogens is 236 g/mol. The molecule has 2 rings (SSSR count). The fraction of sp³-hybridized carbons (Fsp3) is 0.938. The predicted molar refractivity (Wildman–Crippen MR) is 78.7 cm³/mol. The molecule has 0 radical (unpaired) electrons. The van der Waals surface area contributed by atoms with E-state index in [4.69, 9.17) is 0 Å². The van der Waals surface area contributed by atoms with Crippen molar-refractivity contribution in [1.29, 1.82) is 0 Å². The average molecular weight is 266 g/mol. The van der Waals surface area contributed by atoms with Gasteiger partial charge in [-0.05, 0) is 44.9 Å². The van der Waals surface area contributed by atoms with E-state index in [9.17, 15) is 4.79 Å². The largest absolute Gasteiger partial charge is 0.323 e. The third-order valence-electron chi connectivity index (χ3n) is 4.87. The fourth-order valence-electron chi connectivity index (χ4n) is 3.77. The fourth-order valence-corrected chi connectivity index (χ4v) is 3.77. The zero-order valence-electron chi connectivity index (χ0n) is 13.0. The predicted octanol–water partition coefficient (Wildman–Crippen LogP) is 3.15. The number of rotatable bonds is 4. The lowest BCUT2D eigenvalue weighted by Crippen LogP contribution is -2.47. The molecular formula is C16H30N2O. The Morgan fingerprint density at radius 3 is 2.42 bits per heavy atom. The van der Waals surface area contributed by atoms with Gasteiger partial charge >= 0.3 is 0 Å². The molecule has 110 valence electrons. The molecule has 3 heteroatoms. The number of carbonyl (C=O) groups is 1. The van der Waals surface area contributed by atoms with Crippen LogP contribution >= 0.6 is 0 Å². The minimum atomic E-state index is -0.00482. The lowest BCUT2D eigenvalue weighted by atomic mass is 9.83. The Labute approximate surface area is 118 Å². The summed E-state index contributed by atoms with van der Waals surface area (Å²) in [5, 5.41) is 3.48. The van der Waals surface area contributed by atoms with Crippen LogP contribution in [0.4, 0.5) is 0 Å². The first-order chi connectivity index (χ1) is 9.00. The van der Waals surface area contributed by atoms with Crippen molar-refractivity contribution in [2.24, 2.45) is 11.8 Å². The molecule has 2 fully saturated rings. The smallest absolute Gasteiger partial charge is 0.240 e. The SMILES string of the molecule is CC(C)CC1NC(C)C(=O)N1C(C)C1CCCCC1. The Morgan fingerprint density at radius 2 is 1.84 bits per heavy atom. The monoisotopic (exact) mass is 266 g/mol. The molecule has 19 heavy (non-hydrogen) atoms. The number of nitrogens with one attached hydrogen (secondary N) is 1. The Bertz CT molecular complexity index is 310. The Hall–Kier alpha value is -0.570. The van der Waals surface area contributed by atoms with Gasteiger partial charge in [-0.3, -0.25) is 10.1 Å². The van der Waals surface area contributed by atoms with Crippen LogP contribution in [-0.2, 0) is 4.79 Å². The van der Waals surface area contributed by atoms with Crippen LogP contribution in [0, 0.1) is 11.8 Å². The molecule has 1 aliphatic heterocycles. The zero-order chi connectivity index (χ0) is 14.0. The third kappa shape index (κ3) is 3.31. The van der Waals surface area contributed by atoms with Crippen molar-refractivity contribution in [2.75, 3.05) is 0 Å². The molecule has 0 aromatic heterocycles. The molecule has 0 spiro atoms. The van der Waals surface area contributed by atoms with Gasteiger partial charge < -0.3 is 4.90 Å². The van der Waals surface area contributed by atoms with E-state index in [0.717, 1.165) is 6.42 Å². The molecule has 0 bridgehead atoms. The number of hydrogen-bond acceptors (Lipinski definition) is 2. The van der Waals surface area contributed by atoms with Crippen LogP contribution in [0.3, 0.4) is 0 Å². The molecule has 1 aliphatic carbocycles. The minimum absolute atomic E-state index is 0.00482. The molecule has 3 atom stereocenters. The van der Waals surface area contributed by atoms with Gasteiger partial charge in [-0.1, -0.05) is 33.1 Å². The highest BCUT2D eigenvalue weighted by molar-refractivity contribution is 5.84. The highest BCUT2D eigenvalue weighted by atomic mass is 16.2. The Kier molecular flexibility index (Phi) is 4.88. The average Bonchev–Trinajstić information content (AvgIpc) is 2.64. The molecule has 3 nitrogen and oxygen atoms in total. The maximum Gasteiger partial charge on any atom is 0.240 e. The maximum absolute atomic E-state index is 12.4. The van der Waals surface area contributed by atoms with Crippen molar-refractivity contribution in [1.82, 2.24) is 10.2 Å². The van der Waals surface area contributed by atoms with Gasteiger partial charge in [0, 0.05) is 6.04 Å². The van der Waals surface area contributed by atoms with Crippen LogP contribution in [0.1, 0.15) is 66.2 Å². The quantitative estimate of drug-likeness (QED) is 0.848. The summed E-state index contributed by atoms with van der Waals surface area (Å²) in [6.07, 6.45) is 7.97. The summed E-state index contributed by atoms with van der Waals surface area (Å²) >= 11 is 0. The van der Waals surface area contributed by atoms with Crippen molar-refractivity contribution in [3.8, 4) is 0 Å². The van der Waals surface area contributed by atoms with Gasteiger partial charge in [-0.15, -0.1) is 0 Å². The molecule has 2 aliphatic rings. The van der Waals surface area contributed by atoms with Crippen molar-refractivity contribution in [2.45, 2.75) is 84.5 Å². The van der Waals surface area contributed by atoms with Crippen molar-refractivity contribution < 1.29 is 4.79 Å². The van der Waals surface area contributed by atoms with Crippen LogP contribution < -0.4 is 5.32 Å². The molecule has 1 N–H and O–H groups in total. The second-order valence-electron chi connectivity index (χ2n) is 6.92. The number of hydrogen-bond donors (Lipinski definition) is 1. The third-order valence-corrected chi connectivity index (χ3v) is 4.87. The van der Waals surface area contributed by atoms with Crippen LogP contribution in [0.2, 0.25) is 0 Å². The molecule has 1 saturated heterocycles. The van der Waals surface area contributed by atoms with Crippen molar-refractivity contribution in [3.05, 3.63) is 0 Å². The number of carbonyl (C=O) groups excluding carboxylic acids is 1. The van der Waals surface area contributed by atoms with Crippen LogP contribution in [0.25, 0.3) is 0 Å². The first kappa shape index (κ1) is 14.8. The van der Waals surface area contributed by atoms with Gasteiger partial charge in [0.05, 0.1) is 12.2 Å². The summed E-state index contributed by atoms with van der Waals surface area (Å²) in [4.78, 5) is 14.6. The van der Waals surface area contributed by atoms with E-state index < -0.39 is 0 Å². The zero-order valence-corrected chi connectivity index (χ0v) is 13.0. The van der Waals surface area contributed by atoms with Gasteiger partial charge in [0.15, 0.2) is 0 Å². The van der Waals surface area contributed by atoms with Crippen LogP contribution in [0.5, 0.6) is 0 Å². The Morgan fingerprint density at radius 1 is 1.21 bits per heavy atom. The van der Waals surface area contributed by atoms with E-state index >= 15 is 0 Å². The molecule has 1 heterocycles. The highest BCUT2D eigenvalue weighted by Crippen LogP contribution is 2.32. The first-order valence-electron chi connectivity index (χ1n) is 8.09. The lowest BCUT2D eigenvalue weighted by molar-refractivity contribution is -0.133. The van der Waals surface area contributed by atoms with Gasteiger partial charge in [0.1, 0.15) is 0 Å². The van der Waals surface area contributed by atoms with Gasteiger partial charge in [-0.25, -0.2) is 0 Å². The summed E-state index contributed by atoms with van der Waals surface area (Å²) in [5.41, 5.74) is 0. The first-order valence-corrected chi connectivity index (χ1v) is 8.09. The van der Waals surface area contributed by atoms with Crippen molar-refractivity contribution >= 4 is 5.91 Å². The number of amides is 1.